The number of carbonyl (C=O) groups is 2. The molecule has 0 radical (unpaired) electrons. The van der Waals surface area contributed by atoms with Gasteiger partial charge in [0, 0.05) is 22.0 Å². The lowest BCUT2D eigenvalue weighted by Gasteiger charge is -2.31. The highest BCUT2D eigenvalue weighted by Crippen LogP contribution is 2.49. The number of ether oxygens (including phenoxy) is 3. The molecule has 1 fully saturated rings. The van der Waals surface area contributed by atoms with Crippen LogP contribution in [0, 0.1) is 11.8 Å². The standard InChI is InChI=1S/C22H22BrNO5/c1-3-27-20(25)18-16-12-28-17-10-9-13(23)11-15(17)19(16)24-22(18,2)21(26)29-14-7-5-4-6-8-14/h4-11,16,18-19,24H,3,12H2,1-2H3. The van der Waals surface area contributed by atoms with Gasteiger partial charge in [0.25, 0.3) is 0 Å². The van der Waals surface area contributed by atoms with Crippen molar-refractivity contribution in [1.29, 1.82) is 0 Å². The van der Waals surface area contributed by atoms with Gasteiger partial charge in [-0.3, -0.25) is 10.1 Å². The zero-order chi connectivity index (χ0) is 20.6. The normalized spacial score (nSPS) is 27.3. The third kappa shape index (κ3) is 3.53. The minimum atomic E-state index is -1.26. The Labute approximate surface area is 177 Å². The molecule has 0 saturated carbocycles. The molecule has 2 aliphatic heterocycles. The van der Waals surface area contributed by atoms with Gasteiger partial charge in [-0.25, -0.2) is 4.79 Å². The van der Waals surface area contributed by atoms with Crippen LogP contribution in [0.2, 0.25) is 0 Å². The zero-order valence-electron chi connectivity index (χ0n) is 16.2. The largest absolute Gasteiger partial charge is 0.493 e. The summed E-state index contributed by atoms with van der Waals surface area (Å²) in [7, 11) is 0. The van der Waals surface area contributed by atoms with E-state index in [4.69, 9.17) is 14.2 Å². The number of carbonyl (C=O) groups excluding carboxylic acids is 2. The molecule has 0 aliphatic carbocycles. The lowest BCUT2D eigenvalue weighted by atomic mass is 9.78. The number of para-hydroxylation sites is 1. The number of fused-ring (bicyclic) bond motifs is 3. The smallest absolute Gasteiger partial charge is 0.332 e. The van der Waals surface area contributed by atoms with E-state index in [1.165, 1.54) is 0 Å². The van der Waals surface area contributed by atoms with E-state index in [0.717, 1.165) is 15.8 Å². The lowest BCUT2D eigenvalue weighted by Crippen LogP contribution is -2.54. The Morgan fingerprint density at radius 1 is 1.24 bits per heavy atom. The molecule has 0 bridgehead atoms. The molecule has 4 unspecified atom stereocenters. The summed E-state index contributed by atoms with van der Waals surface area (Å²) in [5.74, 6) is -0.780. The molecule has 2 heterocycles. The average Bonchev–Trinajstić information content (AvgIpc) is 3.03. The maximum Gasteiger partial charge on any atom is 0.332 e. The van der Waals surface area contributed by atoms with Gasteiger partial charge in [-0.05, 0) is 44.2 Å². The van der Waals surface area contributed by atoms with Crippen LogP contribution in [-0.4, -0.2) is 30.7 Å². The Bertz CT molecular complexity index is 934. The van der Waals surface area contributed by atoms with Gasteiger partial charge in [0.1, 0.15) is 17.0 Å². The quantitative estimate of drug-likeness (QED) is 0.555. The molecule has 7 heteroatoms. The molecule has 4 atom stereocenters. The van der Waals surface area contributed by atoms with E-state index >= 15 is 0 Å². The summed E-state index contributed by atoms with van der Waals surface area (Å²) in [5.41, 5.74) is -0.355. The summed E-state index contributed by atoms with van der Waals surface area (Å²) in [6.07, 6.45) is 0. The Kier molecular flexibility index (Phi) is 5.36. The van der Waals surface area contributed by atoms with E-state index in [9.17, 15) is 9.59 Å². The average molecular weight is 460 g/mol. The van der Waals surface area contributed by atoms with Crippen molar-refractivity contribution in [2.24, 2.45) is 11.8 Å². The van der Waals surface area contributed by atoms with Gasteiger partial charge < -0.3 is 14.2 Å². The topological polar surface area (TPSA) is 73.9 Å². The Morgan fingerprint density at radius 3 is 2.72 bits per heavy atom. The Morgan fingerprint density at radius 2 is 2.00 bits per heavy atom. The second kappa shape index (κ2) is 7.80. The number of rotatable bonds is 4. The predicted molar refractivity (Wildman–Crippen MR) is 110 cm³/mol. The number of hydrogen-bond acceptors (Lipinski definition) is 6. The van der Waals surface area contributed by atoms with Crippen LogP contribution in [0.3, 0.4) is 0 Å². The second-order valence-corrected chi connectivity index (χ2v) is 8.33. The predicted octanol–water partition coefficient (Wildman–Crippen LogP) is 3.65. The molecule has 152 valence electrons. The van der Waals surface area contributed by atoms with Gasteiger partial charge in [-0.15, -0.1) is 0 Å². The van der Waals surface area contributed by atoms with Crippen LogP contribution in [0.15, 0.2) is 53.0 Å². The van der Waals surface area contributed by atoms with Crippen molar-refractivity contribution < 1.29 is 23.8 Å². The first-order chi connectivity index (χ1) is 13.9. The van der Waals surface area contributed by atoms with Crippen LogP contribution in [-0.2, 0) is 14.3 Å². The van der Waals surface area contributed by atoms with Crippen LogP contribution < -0.4 is 14.8 Å². The molecule has 0 aromatic heterocycles. The fourth-order valence-corrected chi connectivity index (χ4v) is 4.63. The summed E-state index contributed by atoms with van der Waals surface area (Å²) in [6.45, 7) is 4.00. The zero-order valence-corrected chi connectivity index (χ0v) is 17.8. The summed E-state index contributed by atoms with van der Waals surface area (Å²) in [5, 5.41) is 3.39. The molecule has 2 aromatic rings. The molecule has 1 N–H and O–H groups in total. The van der Waals surface area contributed by atoms with E-state index in [1.54, 1.807) is 38.1 Å². The molecule has 0 amide bonds. The highest BCUT2D eigenvalue weighted by Gasteiger charge is 2.61. The van der Waals surface area contributed by atoms with Crippen molar-refractivity contribution in [3.05, 3.63) is 58.6 Å². The van der Waals surface area contributed by atoms with E-state index in [2.05, 4.69) is 21.2 Å². The van der Waals surface area contributed by atoms with Crippen molar-refractivity contribution in [2.75, 3.05) is 13.2 Å². The Balaban J connectivity index is 1.72. The van der Waals surface area contributed by atoms with Gasteiger partial charge in [-0.2, -0.15) is 0 Å². The molecule has 4 rings (SSSR count). The van der Waals surface area contributed by atoms with E-state index in [1.807, 2.05) is 24.3 Å². The van der Waals surface area contributed by atoms with E-state index < -0.39 is 23.4 Å². The molecule has 2 aliphatic rings. The summed E-state index contributed by atoms with van der Waals surface area (Å²) >= 11 is 3.49. The van der Waals surface area contributed by atoms with Crippen LogP contribution in [0.25, 0.3) is 0 Å². The summed E-state index contributed by atoms with van der Waals surface area (Å²) in [4.78, 5) is 26.2. The first-order valence-electron chi connectivity index (χ1n) is 9.58. The van der Waals surface area contributed by atoms with Crippen LogP contribution in [0.1, 0.15) is 25.5 Å². The highest BCUT2D eigenvalue weighted by molar-refractivity contribution is 9.10. The number of nitrogens with one attached hydrogen (secondary N) is 1. The minimum absolute atomic E-state index is 0.236. The second-order valence-electron chi connectivity index (χ2n) is 7.41. The SMILES string of the molecule is CCOC(=O)C1C2COc3ccc(Br)cc3C2NC1(C)C(=O)Oc1ccccc1. The van der Waals surface area contributed by atoms with Crippen molar-refractivity contribution in [3.63, 3.8) is 0 Å². The number of benzene rings is 2. The summed E-state index contributed by atoms with van der Waals surface area (Å²) in [6, 6.07) is 14.3. The number of esters is 2. The first kappa shape index (κ1) is 19.9. The van der Waals surface area contributed by atoms with Gasteiger partial charge in [0.05, 0.1) is 19.1 Å². The molecular formula is C22H22BrNO5. The highest BCUT2D eigenvalue weighted by atomic mass is 79.9. The van der Waals surface area contributed by atoms with Crippen molar-refractivity contribution in [3.8, 4) is 11.5 Å². The molecule has 2 aromatic carbocycles. The van der Waals surface area contributed by atoms with Crippen molar-refractivity contribution >= 4 is 27.9 Å². The monoisotopic (exact) mass is 459 g/mol. The van der Waals surface area contributed by atoms with Crippen molar-refractivity contribution in [2.45, 2.75) is 25.4 Å². The van der Waals surface area contributed by atoms with Crippen LogP contribution in [0.4, 0.5) is 0 Å². The van der Waals surface area contributed by atoms with Crippen molar-refractivity contribution in [1.82, 2.24) is 5.32 Å². The molecule has 1 saturated heterocycles. The van der Waals surface area contributed by atoms with E-state index in [0.29, 0.717) is 12.4 Å². The van der Waals surface area contributed by atoms with Gasteiger partial charge in [0.15, 0.2) is 0 Å². The fourth-order valence-electron chi connectivity index (χ4n) is 4.25. The number of hydrogen-bond donors (Lipinski definition) is 1. The third-order valence-corrected chi connectivity index (χ3v) is 6.08. The molecule has 6 nitrogen and oxygen atoms in total. The fraction of sp³-hybridized carbons (Fsp3) is 0.364. The maximum absolute atomic E-state index is 13.2. The number of halogens is 1. The minimum Gasteiger partial charge on any atom is -0.493 e. The van der Waals surface area contributed by atoms with Gasteiger partial charge in [-0.1, -0.05) is 34.1 Å². The summed E-state index contributed by atoms with van der Waals surface area (Å²) < 4.78 is 17.8. The maximum atomic E-state index is 13.2. The van der Waals surface area contributed by atoms with Crippen LogP contribution >= 0.6 is 15.9 Å². The lowest BCUT2D eigenvalue weighted by molar-refractivity contribution is -0.158. The third-order valence-electron chi connectivity index (χ3n) is 5.59. The Hall–Kier alpha value is -2.38. The molecule has 29 heavy (non-hydrogen) atoms. The van der Waals surface area contributed by atoms with Crippen LogP contribution in [0.5, 0.6) is 11.5 Å². The first-order valence-corrected chi connectivity index (χ1v) is 10.4. The molecule has 0 spiro atoms. The van der Waals surface area contributed by atoms with Gasteiger partial charge in [0.2, 0.25) is 0 Å². The van der Waals surface area contributed by atoms with E-state index in [-0.39, 0.29) is 18.6 Å². The molecular weight excluding hydrogens is 438 g/mol. The van der Waals surface area contributed by atoms with Gasteiger partial charge >= 0.3 is 11.9 Å².